The first-order valence-corrected chi connectivity index (χ1v) is 6.40. The van der Waals surface area contributed by atoms with Gasteiger partial charge in [-0.1, -0.05) is 12.1 Å². The molecule has 1 aliphatic rings. The van der Waals surface area contributed by atoms with Crippen LogP contribution in [0.2, 0.25) is 0 Å². The second-order valence-electron chi connectivity index (χ2n) is 5.15. The molecule has 6 heteroatoms. The molecule has 0 bridgehead atoms. The van der Waals surface area contributed by atoms with Gasteiger partial charge in [0.15, 0.2) is 5.79 Å². The summed E-state index contributed by atoms with van der Waals surface area (Å²) in [6.07, 6.45) is -0.106. The summed E-state index contributed by atoms with van der Waals surface area (Å²) < 4.78 is 16.6. The molecule has 1 aliphatic heterocycles. The quantitative estimate of drug-likeness (QED) is 0.845. The first-order valence-electron chi connectivity index (χ1n) is 6.40. The van der Waals surface area contributed by atoms with Crippen LogP contribution in [0.3, 0.4) is 0 Å². The van der Waals surface area contributed by atoms with Gasteiger partial charge in [-0.3, -0.25) is 4.79 Å². The SMILES string of the molecule is CC1(C)OC[C@H](COc2ccc(C(N)C(=O)O)cc2)O1. The lowest BCUT2D eigenvalue weighted by atomic mass is 10.1. The maximum absolute atomic E-state index is 10.8. The minimum absolute atomic E-state index is 0.106. The largest absolute Gasteiger partial charge is 0.491 e. The smallest absolute Gasteiger partial charge is 0.325 e. The van der Waals surface area contributed by atoms with Crippen LogP contribution in [-0.4, -0.2) is 36.2 Å². The second-order valence-corrected chi connectivity index (χ2v) is 5.15. The Bertz CT molecular complexity index is 471. The molecule has 1 fully saturated rings. The number of rotatable bonds is 5. The number of aliphatic carboxylic acids is 1. The highest BCUT2D eigenvalue weighted by atomic mass is 16.7. The van der Waals surface area contributed by atoms with Crippen molar-refractivity contribution in [2.75, 3.05) is 13.2 Å². The summed E-state index contributed by atoms with van der Waals surface area (Å²) in [5.74, 6) is -0.983. The van der Waals surface area contributed by atoms with Crippen molar-refractivity contribution in [2.24, 2.45) is 5.73 Å². The zero-order valence-corrected chi connectivity index (χ0v) is 11.5. The lowest BCUT2D eigenvalue weighted by molar-refractivity contribution is -0.141. The van der Waals surface area contributed by atoms with E-state index in [4.69, 9.17) is 25.1 Å². The molecule has 0 amide bonds. The van der Waals surface area contributed by atoms with E-state index in [-0.39, 0.29) is 6.10 Å². The third-order valence-corrected chi connectivity index (χ3v) is 3.01. The van der Waals surface area contributed by atoms with Gasteiger partial charge in [-0.15, -0.1) is 0 Å². The van der Waals surface area contributed by atoms with Gasteiger partial charge in [0.25, 0.3) is 0 Å². The highest BCUT2D eigenvalue weighted by Crippen LogP contribution is 2.23. The molecule has 0 aliphatic carbocycles. The molecule has 1 aromatic rings. The third-order valence-electron chi connectivity index (χ3n) is 3.01. The second kappa shape index (κ2) is 5.78. The number of nitrogens with two attached hydrogens (primary N) is 1. The number of ether oxygens (including phenoxy) is 3. The standard InChI is InChI=1S/C14H19NO5/c1-14(2)19-8-11(20-14)7-18-10-5-3-9(4-6-10)12(15)13(16)17/h3-6,11-12H,7-8,15H2,1-2H3,(H,16,17)/t11-,12?/m0/s1. The van der Waals surface area contributed by atoms with E-state index in [2.05, 4.69) is 0 Å². The molecule has 1 unspecified atom stereocenters. The Hall–Kier alpha value is -1.63. The molecule has 0 spiro atoms. The molecule has 0 aromatic heterocycles. The van der Waals surface area contributed by atoms with Gasteiger partial charge in [-0.05, 0) is 31.5 Å². The number of hydrogen-bond donors (Lipinski definition) is 2. The Morgan fingerprint density at radius 2 is 2.15 bits per heavy atom. The summed E-state index contributed by atoms with van der Waals surface area (Å²) in [7, 11) is 0. The summed E-state index contributed by atoms with van der Waals surface area (Å²) in [6, 6.07) is 5.66. The molecule has 2 rings (SSSR count). The van der Waals surface area contributed by atoms with Crippen LogP contribution < -0.4 is 10.5 Å². The molecule has 2 atom stereocenters. The third kappa shape index (κ3) is 3.69. The van der Waals surface area contributed by atoms with Gasteiger partial charge in [0, 0.05) is 0 Å². The van der Waals surface area contributed by atoms with Crippen molar-refractivity contribution in [1.82, 2.24) is 0 Å². The van der Waals surface area contributed by atoms with E-state index in [0.29, 0.717) is 24.5 Å². The van der Waals surface area contributed by atoms with Gasteiger partial charge >= 0.3 is 5.97 Å². The van der Waals surface area contributed by atoms with Gasteiger partial charge in [-0.25, -0.2) is 0 Å². The molecule has 110 valence electrons. The number of carboxylic acids is 1. The fourth-order valence-electron chi connectivity index (χ4n) is 1.95. The molecule has 6 nitrogen and oxygen atoms in total. The number of carboxylic acid groups (broad SMARTS) is 1. The van der Waals surface area contributed by atoms with E-state index < -0.39 is 17.8 Å². The summed E-state index contributed by atoms with van der Waals surface area (Å²) in [4.78, 5) is 10.8. The predicted molar refractivity (Wildman–Crippen MR) is 71.4 cm³/mol. The fourth-order valence-corrected chi connectivity index (χ4v) is 1.95. The first-order chi connectivity index (χ1) is 9.37. The fraction of sp³-hybridized carbons (Fsp3) is 0.500. The van der Waals surface area contributed by atoms with Crippen LogP contribution in [0, 0.1) is 0 Å². The van der Waals surface area contributed by atoms with Gasteiger partial charge in [-0.2, -0.15) is 0 Å². The zero-order chi connectivity index (χ0) is 14.8. The van der Waals surface area contributed by atoms with Crippen molar-refractivity contribution in [3.05, 3.63) is 29.8 Å². The molecular formula is C14H19NO5. The zero-order valence-electron chi connectivity index (χ0n) is 11.5. The molecule has 1 heterocycles. The van der Waals surface area contributed by atoms with Gasteiger partial charge in [0.1, 0.15) is 24.5 Å². The van der Waals surface area contributed by atoms with Crippen LogP contribution >= 0.6 is 0 Å². The highest BCUT2D eigenvalue weighted by Gasteiger charge is 2.32. The maximum Gasteiger partial charge on any atom is 0.325 e. The van der Waals surface area contributed by atoms with Gasteiger partial charge in [0.05, 0.1) is 6.61 Å². The number of hydrogen-bond acceptors (Lipinski definition) is 5. The van der Waals surface area contributed by atoms with E-state index in [1.807, 2.05) is 13.8 Å². The first kappa shape index (κ1) is 14.8. The van der Waals surface area contributed by atoms with Crippen LogP contribution in [0.15, 0.2) is 24.3 Å². The monoisotopic (exact) mass is 281 g/mol. The number of carbonyl (C=O) groups is 1. The van der Waals surface area contributed by atoms with Crippen molar-refractivity contribution >= 4 is 5.97 Å². The average Bonchev–Trinajstić information content (AvgIpc) is 2.75. The maximum atomic E-state index is 10.8. The van der Waals surface area contributed by atoms with E-state index in [0.717, 1.165) is 0 Å². The van der Waals surface area contributed by atoms with Crippen LogP contribution in [0.5, 0.6) is 5.75 Å². The molecule has 1 saturated heterocycles. The number of benzene rings is 1. The molecule has 1 aromatic carbocycles. The lowest BCUT2D eigenvalue weighted by Gasteiger charge is -2.17. The van der Waals surface area contributed by atoms with Crippen molar-refractivity contribution in [3.63, 3.8) is 0 Å². The van der Waals surface area contributed by atoms with Crippen LogP contribution in [0.4, 0.5) is 0 Å². The Morgan fingerprint density at radius 3 is 2.65 bits per heavy atom. The Morgan fingerprint density at radius 1 is 1.50 bits per heavy atom. The van der Waals surface area contributed by atoms with E-state index in [1.165, 1.54) is 0 Å². The van der Waals surface area contributed by atoms with Crippen molar-refractivity contribution in [1.29, 1.82) is 0 Å². The molecular weight excluding hydrogens is 262 g/mol. The molecule has 0 saturated carbocycles. The summed E-state index contributed by atoms with van der Waals surface area (Å²) >= 11 is 0. The van der Waals surface area contributed by atoms with Crippen molar-refractivity contribution in [3.8, 4) is 5.75 Å². The summed E-state index contributed by atoms with van der Waals surface area (Å²) in [5.41, 5.74) is 6.05. The highest BCUT2D eigenvalue weighted by molar-refractivity contribution is 5.75. The van der Waals surface area contributed by atoms with E-state index in [1.54, 1.807) is 24.3 Å². The minimum Gasteiger partial charge on any atom is -0.491 e. The van der Waals surface area contributed by atoms with E-state index in [9.17, 15) is 4.79 Å². The van der Waals surface area contributed by atoms with Gasteiger partial charge < -0.3 is 25.1 Å². The Labute approximate surface area is 117 Å². The normalized spacial score (nSPS) is 22.4. The molecule has 20 heavy (non-hydrogen) atoms. The molecule has 0 radical (unpaired) electrons. The van der Waals surface area contributed by atoms with Gasteiger partial charge in [0.2, 0.25) is 0 Å². The predicted octanol–water partition coefficient (Wildman–Crippen LogP) is 1.30. The molecule has 3 N–H and O–H groups in total. The Kier molecular flexibility index (Phi) is 4.27. The summed E-state index contributed by atoms with van der Waals surface area (Å²) in [5, 5.41) is 8.81. The Balaban J connectivity index is 1.87. The topological polar surface area (TPSA) is 91.0 Å². The minimum atomic E-state index is -1.06. The van der Waals surface area contributed by atoms with Crippen LogP contribution in [0.25, 0.3) is 0 Å². The van der Waals surface area contributed by atoms with Crippen LogP contribution in [-0.2, 0) is 14.3 Å². The summed E-state index contributed by atoms with van der Waals surface area (Å²) in [6.45, 7) is 4.59. The van der Waals surface area contributed by atoms with Crippen molar-refractivity contribution in [2.45, 2.75) is 31.8 Å². The van der Waals surface area contributed by atoms with Crippen molar-refractivity contribution < 1.29 is 24.1 Å². The lowest BCUT2D eigenvalue weighted by Crippen LogP contribution is -2.25. The van der Waals surface area contributed by atoms with E-state index >= 15 is 0 Å². The average molecular weight is 281 g/mol. The van der Waals surface area contributed by atoms with Crippen LogP contribution in [0.1, 0.15) is 25.5 Å².